The van der Waals surface area contributed by atoms with Crippen molar-refractivity contribution in [2.75, 3.05) is 0 Å². The van der Waals surface area contributed by atoms with E-state index in [1.54, 1.807) is 19.1 Å². The highest BCUT2D eigenvalue weighted by molar-refractivity contribution is 5.96. The van der Waals surface area contributed by atoms with Crippen LogP contribution in [0.2, 0.25) is 0 Å². The molecule has 0 fully saturated rings. The maximum atomic E-state index is 12.1. The van der Waals surface area contributed by atoms with Crippen molar-refractivity contribution in [2.24, 2.45) is 0 Å². The Labute approximate surface area is 107 Å². The van der Waals surface area contributed by atoms with Crippen LogP contribution in [0.1, 0.15) is 29.3 Å². The van der Waals surface area contributed by atoms with Crippen molar-refractivity contribution >= 4 is 5.78 Å². The molecule has 18 heavy (non-hydrogen) atoms. The zero-order valence-corrected chi connectivity index (χ0v) is 10.3. The molecule has 0 bridgehead atoms. The molecule has 0 aliphatic carbocycles. The number of ketones is 1. The molecule has 1 N–H and O–H groups in total. The van der Waals surface area contributed by atoms with Gasteiger partial charge < -0.3 is 5.11 Å². The first kappa shape index (κ1) is 12.5. The molecule has 2 nitrogen and oxygen atoms in total. The van der Waals surface area contributed by atoms with Crippen LogP contribution in [0.4, 0.5) is 0 Å². The van der Waals surface area contributed by atoms with Crippen LogP contribution >= 0.6 is 0 Å². The van der Waals surface area contributed by atoms with Gasteiger partial charge in [-0.2, -0.15) is 0 Å². The highest BCUT2D eigenvalue weighted by Gasteiger charge is 2.26. The predicted octanol–water partition coefficient (Wildman–Crippen LogP) is 3.17. The van der Waals surface area contributed by atoms with Gasteiger partial charge in [0.2, 0.25) is 0 Å². The van der Waals surface area contributed by atoms with Crippen LogP contribution in [0, 0.1) is 0 Å². The molecular weight excluding hydrogens is 224 g/mol. The molecule has 0 spiro atoms. The summed E-state index contributed by atoms with van der Waals surface area (Å²) in [4.78, 5) is 12.1. The summed E-state index contributed by atoms with van der Waals surface area (Å²) in [5.41, 5.74) is 0.261. The van der Waals surface area contributed by atoms with Gasteiger partial charge in [-0.15, -0.1) is 0 Å². The molecule has 92 valence electrons. The first-order valence-electron chi connectivity index (χ1n) is 5.96. The van der Waals surface area contributed by atoms with Gasteiger partial charge in [-0.1, -0.05) is 60.7 Å². The smallest absolute Gasteiger partial charge is 0.166 e. The Bertz CT molecular complexity index is 515. The molecule has 0 heterocycles. The lowest BCUT2D eigenvalue weighted by atomic mass is 9.89. The van der Waals surface area contributed by atoms with Crippen LogP contribution in [-0.2, 0) is 5.60 Å². The Kier molecular flexibility index (Phi) is 3.58. The van der Waals surface area contributed by atoms with Crippen molar-refractivity contribution in [3.63, 3.8) is 0 Å². The Morgan fingerprint density at radius 3 is 2.06 bits per heavy atom. The summed E-state index contributed by atoms with van der Waals surface area (Å²) in [6.07, 6.45) is 0.0844. The van der Waals surface area contributed by atoms with E-state index in [9.17, 15) is 9.90 Å². The van der Waals surface area contributed by atoms with E-state index >= 15 is 0 Å². The Morgan fingerprint density at radius 2 is 1.50 bits per heavy atom. The van der Waals surface area contributed by atoms with Crippen molar-refractivity contribution in [1.29, 1.82) is 0 Å². The number of Topliss-reactive ketones (excluding diaryl/α,β-unsaturated/α-hetero) is 1. The zero-order chi connectivity index (χ0) is 13.0. The number of carbonyl (C=O) groups excluding carboxylic acids is 1. The third-order valence-corrected chi connectivity index (χ3v) is 3.00. The molecule has 0 aliphatic heterocycles. The number of benzene rings is 2. The molecule has 1 atom stereocenters. The van der Waals surface area contributed by atoms with Gasteiger partial charge in [0.05, 0.1) is 5.60 Å². The molecule has 2 rings (SSSR count). The van der Waals surface area contributed by atoms with Gasteiger partial charge in [0.15, 0.2) is 5.78 Å². The molecule has 2 aromatic carbocycles. The van der Waals surface area contributed by atoms with E-state index in [0.717, 1.165) is 5.56 Å². The lowest BCUT2D eigenvalue weighted by molar-refractivity contribution is 0.0431. The summed E-state index contributed by atoms with van der Waals surface area (Å²) in [5.74, 6) is -0.0514. The van der Waals surface area contributed by atoms with Crippen molar-refractivity contribution in [3.05, 3.63) is 71.8 Å². The Morgan fingerprint density at radius 1 is 1.00 bits per heavy atom. The fourth-order valence-electron chi connectivity index (χ4n) is 1.94. The molecule has 0 saturated heterocycles. The van der Waals surface area contributed by atoms with Crippen LogP contribution in [0.25, 0.3) is 0 Å². The van der Waals surface area contributed by atoms with Gasteiger partial charge in [0.25, 0.3) is 0 Å². The largest absolute Gasteiger partial charge is 0.385 e. The number of aliphatic hydroxyl groups is 1. The standard InChI is InChI=1S/C16H16O2/c1-16(18,14-10-6-3-7-11-14)12-15(17)13-8-4-2-5-9-13/h2-11,18H,12H2,1H3/t16-/m1/s1. The summed E-state index contributed by atoms with van der Waals surface area (Å²) >= 11 is 0. The first-order valence-corrected chi connectivity index (χ1v) is 5.96. The normalized spacial score (nSPS) is 13.9. The summed E-state index contributed by atoms with van der Waals surface area (Å²) in [5, 5.41) is 10.4. The quantitative estimate of drug-likeness (QED) is 0.833. The molecule has 0 amide bonds. The molecule has 0 aromatic heterocycles. The number of hydrogen-bond acceptors (Lipinski definition) is 2. The van der Waals surface area contributed by atoms with Crippen molar-refractivity contribution in [2.45, 2.75) is 18.9 Å². The second-order valence-corrected chi connectivity index (χ2v) is 4.61. The van der Waals surface area contributed by atoms with Gasteiger partial charge in [0.1, 0.15) is 0 Å². The van der Waals surface area contributed by atoms with Crippen LogP contribution in [0.5, 0.6) is 0 Å². The molecule has 0 radical (unpaired) electrons. The summed E-state index contributed by atoms with van der Waals surface area (Å²) < 4.78 is 0. The van der Waals surface area contributed by atoms with Crippen LogP contribution in [-0.4, -0.2) is 10.9 Å². The maximum absolute atomic E-state index is 12.1. The molecule has 2 aromatic rings. The van der Waals surface area contributed by atoms with Gasteiger partial charge in [-0.25, -0.2) is 0 Å². The van der Waals surface area contributed by atoms with Crippen molar-refractivity contribution < 1.29 is 9.90 Å². The van der Waals surface area contributed by atoms with Crippen LogP contribution in [0.15, 0.2) is 60.7 Å². The van der Waals surface area contributed by atoms with Crippen LogP contribution < -0.4 is 0 Å². The van der Waals surface area contributed by atoms with Gasteiger partial charge in [0, 0.05) is 12.0 Å². The van der Waals surface area contributed by atoms with E-state index < -0.39 is 5.60 Å². The minimum Gasteiger partial charge on any atom is -0.385 e. The summed E-state index contributed by atoms with van der Waals surface area (Å²) in [6.45, 7) is 1.67. The van der Waals surface area contributed by atoms with E-state index in [4.69, 9.17) is 0 Å². The summed E-state index contributed by atoms with van der Waals surface area (Å²) in [6, 6.07) is 18.3. The van der Waals surface area contributed by atoms with E-state index in [0.29, 0.717) is 5.56 Å². The fraction of sp³-hybridized carbons (Fsp3) is 0.188. The third kappa shape index (κ3) is 2.84. The Balaban J connectivity index is 2.17. The predicted molar refractivity (Wildman–Crippen MR) is 71.4 cm³/mol. The van der Waals surface area contributed by atoms with Crippen molar-refractivity contribution in [1.82, 2.24) is 0 Å². The van der Waals surface area contributed by atoms with E-state index in [-0.39, 0.29) is 12.2 Å². The molecular formula is C16H16O2. The van der Waals surface area contributed by atoms with E-state index in [1.807, 2.05) is 48.5 Å². The fourth-order valence-corrected chi connectivity index (χ4v) is 1.94. The molecule has 2 heteroatoms. The Hall–Kier alpha value is -1.93. The van der Waals surface area contributed by atoms with Crippen LogP contribution in [0.3, 0.4) is 0 Å². The van der Waals surface area contributed by atoms with Crippen molar-refractivity contribution in [3.8, 4) is 0 Å². The maximum Gasteiger partial charge on any atom is 0.166 e. The number of hydrogen-bond donors (Lipinski definition) is 1. The highest BCUT2D eigenvalue weighted by Crippen LogP contribution is 2.25. The average Bonchev–Trinajstić information content (AvgIpc) is 2.40. The first-order chi connectivity index (χ1) is 8.59. The lowest BCUT2D eigenvalue weighted by Gasteiger charge is -2.23. The highest BCUT2D eigenvalue weighted by atomic mass is 16.3. The monoisotopic (exact) mass is 240 g/mol. The zero-order valence-electron chi connectivity index (χ0n) is 10.3. The molecule has 0 saturated carbocycles. The SMILES string of the molecule is C[C@@](O)(CC(=O)c1ccccc1)c1ccccc1. The summed E-state index contributed by atoms with van der Waals surface area (Å²) in [7, 11) is 0. The minimum atomic E-state index is -1.13. The second kappa shape index (κ2) is 5.15. The number of rotatable bonds is 4. The third-order valence-electron chi connectivity index (χ3n) is 3.00. The van der Waals surface area contributed by atoms with Gasteiger partial charge in [-0.3, -0.25) is 4.79 Å². The van der Waals surface area contributed by atoms with Gasteiger partial charge in [-0.05, 0) is 12.5 Å². The second-order valence-electron chi connectivity index (χ2n) is 4.61. The molecule has 0 unspecified atom stereocenters. The lowest BCUT2D eigenvalue weighted by Crippen LogP contribution is -2.25. The minimum absolute atomic E-state index is 0.0514. The molecule has 0 aliphatic rings. The van der Waals surface area contributed by atoms with E-state index in [2.05, 4.69) is 0 Å². The average molecular weight is 240 g/mol. The van der Waals surface area contributed by atoms with E-state index in [1.165, 1.54) is 0 Å². The number of carbonyl (C=O) groups is 1. The van der Waals surface area contributed by atoms with Gasteiger partial charge >= 0.3 is 0 Å². The topological polar surface area (TPSA) is 37.3 Å².